The zero-order valence-electron chi connectivity index (χ0n) is 14.5. The molecule has 0 heterocycles. The summed E-state index contributed by atoms with van der Waals surface area (Å²) in [6.07, 6.45) is 20.4. The van der Waals surface area contributed by atoms with Crippen LogP contribution in [0.3, 0.4) is 0 Å². The van der Waals surface area contributed by atoms with E-state index in [1.807, 2.05) is 0 Å². The standard InChI is InChI=1S/C18H39BrSi/c1-4-5-6-7-8-9-10-11-12-13-14-15-16-17-18(2,3)20-19/h4-17,20H2,1-3H3. The summed E-state index contributed by atoms with van der Waals surface area (Å²) in [4.78, 5) is 0. The predicted octanol–water partition coefficient (Wildman–Crippen LogP) is 7.14. The Morgan fingerprint density at radius 3 is 1.35 bits per heavy atom. The minimum absolute atomic E-state index is 0.00730. The Balaban J connectivity index is 3.06. The molecule has 0 aromatic carbocycles. The predicted molar refractivity (Wildman–Crippen MR) is 102 cm³/mol. The van der Waals surface area contributed by atoms with Crippen LogP contribution in [-0.2, 0) is 0 Å². The Morgan fingerprint density at radius 1 is 0.650 bits per heavy atom. The molecular formula is C18H39BrSi. The van der Waals surface area contributed by atoms with Gasteiger partial charge in [0.1, 0.15) is 8.14 Å². The van der Waals surface area contributed by atoms with Gasteiger partial charge in [-0.2, -0.15) is 0 Å². The van der Waals surface area contributed by atoms with Crippen molar-refractivity contribution in [3.63, 3.8) is 0 Å². The van der Waals surface area contributed by atoms with E-state index in [4.69, 9.17) is 0 Å². The van der Waals surface area contributed by atoms with Crippen molar-refractivity contribution in [2.45, 2.75) is 116 Å². The minimum atomic E-state index is -0.00730. The zero-order chi connectivity index (χ0) is 15.1. The lowest BCUT2D eigenvalue weighted by atomic mass is 10.0. The molecule has 0 saturated carbocycles. The first kappa shape index (κ1) is 20.7. The first-order chi connectivity index (χ1) is 9.62. The van der Waals surface area contributed by atoms with Crippen molar-refractivity contribution in [3.05, 3.63) is 0 Å². The van der Waals surface area contributed by atoms with Gasteiger partial charge in [-0.05, 0) is 5.04 Å². The van der Waals surface area contributed by atoms with Crippen LogP contribution in [-0.4, -0.2) is 8.14 Å². The summed E-state index contributed by atoms with van der Waals surface area (Å²) in [5.41, 5.74) is 0. The molecular weight excluding hydrogens is 324 g/mol. The third kappa shape index (κ3) is 15.1. The molecule has 0 aromatic rings. The van der Waals surface area contributed by atoms with Gasteiger partial charge in [-0.25, -0.2) is 0 Å². The summed E-state index contributed by atoms with van der Waals surface area (Å²) in [5.74, 6) is 0. The van der Waals surface area contributed by atoms with Crippen molar-refractivity contribution >= 4 is 23.4 Å². The molecule has 0 bridgehead atoms. The van der Waals surface area contributed by atoms with Crippen molar-refractivity contribution in [1.82, 2.24) is 0 Å². The van der Waals surface area contributed by atoms with Crippen molar-refractivity contribution in [2.24, 2.45) is 0 Å². The quantitative estimate of drug-likeness (QED) is 0.165. The van der Waals surface area contributed by atoms with Gasteiger partial charge >= 0.3 is 0 Å². The van der Waals surface area contributed by atoms with Gasteiger partial charge in [0, 0.05) is 0 Å². The van der Waals surface area contributed by atoms with E-state index < -0.39 is 0 Å². The maximum Gasteiger partial charge on any atom is 0.104 e. The van der Waals surface area contributed by atoms with Crippen LogP contribution in [0.2, 0.25) is 5.04 Å². The van der Waals surface area contributed by atoms with Crippen LogP contribution in [0.4, 0.5) is 0 Å². The Hall–Kier alpha value is 0.697. The van der Waals surface area contributed by atoms with Gasteiger partial charge in [0.2, 0.25) is 0 Å². The normalized spacial score (nSPS) is 12.6. The van der Waals surface area contributed by atoms with Gasteiger partial charge in [0.05, 0.1) is 0 Å². The lowest BCUT2D eigenvalue weighted by Gasteiger charge is -2.20. The fraction of sp³-hybridized carbons (Fsp3) is 1.00. The molecule has 0 saturated heterocycles. The molecule has 2 heteroatoms. The maximum atomic E-state index is 3.75. The average Bonchev–Trinajstić information content (AvgIpc) is 2.44. The monoisotopic (exact) mass is 362 g/mol. The Bertz CT molecular complexity index is 192. The summed E-state index contributed by atoms with van der Waals surface area (Å²) in [6.45, 7) is 7.14. The van der Waals surface area contributed by atoms with Gasteiger partial charge in [0.25, 0.3) is 0 Å². The van der Waals surface area contributed by atoms with E-state index in [0.29, 0.717) is 5.04 Å². The molecule has 122 valence electrons. The largest absolute Gasteiger partial charge is 0.135 e. The molecule has 0 fully saturated rings. The second-order valence-electron chi connectivity index (χ2n) is 7.29. The topological polar surface area (TPSA) is 0 Å². The first-order valence-corrected chi connectivity index (χ1v) is 13.8. The SMILES string of the molecule is CCCCCCCCCCCCCCCC(C)(C)[SiH2]Br. The molecule has 0 aliphatic rings. The van der Waals surface area contributed by atoms with Crippen molar-refractivity contribution in [1.29, 1.82) is 0 Å². The number of hydrogen-bond donors (Lipinski definition) is 0. The highest BCUT2D eigenvalue weighted by atomic mass is 79.9. The van der Waals surface area contributed by atoms with Crippen molar-refractivity contribution < 1.29 is 0 Å². The summed E-state index contributed by atoms with van der Waals surface area (Å²) >= 11 is 3.75. The minimum Gasteiger partial charge on any atom is -0.135 e. The van der Waals surface area contributed by atoms with Crippen LogP contribution in [0.25, 0.3) is 0 Å². The Morgan fingerprint density at radius 2 is 1.00 bits per heavy atom. The van der Waals surface area contributed by atoms with Gasteiger partial charge in [-0.3, -0.25) is 0 Å². The lowest BCUT2D eigenvalue weighted by Crippen LogP contribution is -2.07. The Labute approximate surface area is 139 Å². The molecule has 0 nitrogen and oxygen atoms in total. The second kappa shape index (κ2) is 14.6. The third-order valence-corrected chi connectivity index (χ3v) is 9.95. The van der Waals surface area contributed by atoms with Crippen LogP contribution in [0.15, 0.2) is 0 Å². The molecule has 0 spiro atoms. The molecule has 0 amide bonds. The molecule has 0 aromatic heterocycles. The highest BCUT2D eigenvalue weighted by molar-refractivity contribution is 9.23. The number of rotatable bonds is 15. The zero-order valence-corrected chi connectivity index (χ0v) is 17.5. The van der Waals surface area contributed by atoms with Crippen LogP contribution < -0.4 is 0 Å². The van der Waals surface area contributed by atoms with E-state index in [9.17, 15) is 0 Å². The van der Waals surface area contributed by atoms with E-state index in [2.05, 4.69) is 36.1 Å². The lowest BCUT2D eigenvalue weighted by molar-refractivity contribution is 0.512. The molecule has 0 rings (SSSR count). The molecule has 20 heavy (non-hydrogen) atoms. The molecule has 0 N–H and O–H groups in total. The van der Waals surface area contributed by atoms with Crippen LogP contribution >= 0.6 is 15.3 Å². The van der Waals surface area contributed by atoms with E-state index in [0.717, 1.165) is 0 Å². The van der Waals surface area contributed by atoms with Crippen molar-refractivity contribution in [2.75, 3.05) is 0 Å². The smallest absolute Gasteiger partial charge is 0.104 e. The van der Waals surface area contributed by atoms with Crippen molar-refractivity contribution in [3.8, 4) is 0 Å². The van der Waals surface area contributed by atoms with Gasteiger partial charge in [0.15, 0.2) is 0 Å². The van der Waals surface area contributed by atoms with Gasteiger partial charge in [-0.1, -0.05) is 111 Å². The van der Waals surface area contributed by atoms with E-state index in [1.165, 1.54) is 89.9 Å². The average molecular weight is 363 g/mol. The first-order valence-electron chi connectivity index (χ1n) is 9.18. The van der Waals surface area contributed by atoms with E-state index in [-0.39, 0.29) is 8.14 Å². The number of hydrogen-bond acceptors (Lipinski definition) is 0. The molecule has 0 unspecified atom stereocenters. The fourth-order valence-corrected chi connectivity index (χ4v) is 3.91. The fourth-order valence-electron chi connectivity index (χ4n) is 2.69. The molecule has 0 atom stereocenters. The highest BCUT2D eigenvalue weighted by Gasteiger charge is 2.15. The molecule has 0 aliphatic heterocycles. The summed E-state index contributed by atoms with van der Waals surface area (Å²) in [6, 6.07) is 0. The molecule has 0 radical (unpaired) electrons. The maximum absolute atomic E-state index is 3.75. The molecule has 0 aliphatic carbocycles. The van der Waals surface area contributed by atoms with E-state index in [1.54, 1.807) is 0 Å². The van der Waals surface area contributed by atoms with Gasteiger partial charge in [-0.15, -0.1) is 15.3 Å². The summed E-state index contributed by atoms with van der Waals surface area (Å²) < 4.78 is 0. The Kier molecular flexibility index (Phi) is 15.1. The summed E-state index contributed by atoms with van der Waals surface area (Å²) in [5, 5.41) is 0.637. The van der Waals surface area contributed by atoms with E-state index >= 15 is 0 Å². The number of halogens is 1. The highest BCUT2D eigenvalue weighted by Crippen LogP contribution is 2.31. The van der Waals surface area contributed by atoms with Crippen LogP contribution in [0.5, 0.6) is 0 Å². The van der Waals surface area contributed by atoms with Gasteiger partial charge < -0.3 is 0 Å². The summed E-state index contributed by atoms with van der Waals surface area (Å²) in [7, 11) is -0.00730. The number of unbranched alkanes of at least 4 members (excludes halogenated alkanes) is 12. The third-order valence-electron chi connectivity index (χ3n) is 4.32. The van der Waals surface area contributed by atoms with Crippen LogP contribution in [0, 0.1) is 0 Å². The van der Waals surface area contributed by atoms with Crippen LogP contribution in [0.1, 0.15) is 111 Å². The second-order valence-corrected chi connectivity index (χ2v) is 11.2.